The molecule has 2 heterocycles. The lowest BCUT2D eigenvalue weighted by Gasteiger charge is -2.24. The predicted molar refractivity (Wildman–Crippen MR) is 106 cm³/mol. The summed E-state index contributed by atoms with van der Waals surface area (Å²) >= 11 is 0. The number of para-hydroxylation sites is 1. The highest BCUT2D eigenvalue weighted by Gasteiger charge is 2.39. The van der Waals surface area contributed by atoms with Crippen LogP contribution in [0.1, 0.15) is 46.8 Å². The number of benzene rings is 1. The minimum Gasteiger partial charge on any atom is -0.444 e. The molecule has 0 spiro atoms. The van der Waals surface area contributed by atoms with Crippen LogP contribution >= 0.6 is 0 Å². The van der Waals surface area contributed by atoms with E-state index in [1.54, 1.807) is 25.3 Å². The van der Waals surface area contributed by atoms with E-state index < -0.39 is 12.1 Å². The highest BCUT2D eigenvalue weighted by molar-refractivity contribution is 5.99. The number of allylic oxidation sites excluding steroid dienone is 2. The maximum absolute atomic E-state index is 12.9. The minimum atomic E-state index is -4.16. The fourth-order valence-electron chi connectivity index (χ4n) is 3.66. The minimum absolute atomic E-state index is 0.0179. The number of carbonyl (C=O) groups is 1. The van der Waals surface area contributed by atoms with Crippen LogP contribution in [0, 0.1) is 12.8 Å². The van der Waals surface area contributed by atoms with Crippen molar-refractivity contribution < 1.29 is 22.4 Å². The van der Waals surface area contributed by atoms with Gasteiger partial charge in [-0.2, -0.15) is 13.2 Å². The molecule has 1 amide bonds. The van der Waals surface area contributed by atoms with E-state index in [0.29, 0.717) is 29.2 Å². The number of alkyl halides is 3. The quantitative estimate of drug-likeness (QED) is 0.635. The lowest BCUT2D eigenvalue weighted by atomic mass is 9.85. The summed E-state index contributed by atoms with van der Waals surface area (Å²) in [6.45, 7) is 1.94. The predicted octanol–water partition coefficient (Wildman–Crippen LogP) is 5.21. The number of pyridine rings is 1. The normalized spacial score (nSPS) is 17.1. The molecule has 156 valence electrons. The van der Waals surface area contributed by atoms with Crippen molar-refractivity contribution >= 4 is 22.4 Å². The van der Waals surface area contributed by atoms with Crippen molar-refractivity contribution in [1.29, 1.82) is 0 Å². The fraction of sp³-hybridized carbons (Fsp3) is 0.318. The zero-order valence-corrected chi connectivity index (χ0v) is 16.3. The third kappa shape index (κ3) is 4.22. The Hall–Kier alpha value is -3.16. The van der Waals surface area contributed by atoms with Gasteiger partial charge in [0, 0.05) is 17.1 Å². The van der Waals surface area contributed by atoms with E-state index in [1.807, 2.05) is 18.2 Å². The number of aryl methyl sites for hydroxylation is 1. The molecular formula is C22H20F3N3O2. The maximum atomic E-state index is 12.9. The SMILES string of the molecule is Cc1cnc(CNC(=O)c2cnc3c(C4=CC[C@@H](C(F)(F)F)CC4)cccc3c2)o1. The first-order valence-electron chi connectivity index (χ1n) is 9.65. The van der Waals surface area contributed by atoms with Crippen LogP contribution in [0.25, 0.3) is 16.5 Å². The van der Waals surface area contributed by atoms with Crippen LogP contribution in [-0.4, -0.2) is 22.1 Å². The number of fused-ring (bicyclic) bond motifs is 1. The van der Waals surface area contributed by atoms with E-state index in [9.17, 15) is 18.0 Å². The van der Waals surface area contributed by atoms with Crippen molar-refractivity contribution in [1.82, 2.24) is 15.3 Å². The summed E-state index contributed by atoms with van der Waals surface area (Å²) in [6.07, 6.45) is 0.967. The van der Waals surface area contributed by atoms with Gasteiger partial charge in [0.15, 0.2) is 0 Å². The van der Waals surface area contributed by atoms with Crippen LogP contribution in [-0.2, 0) is 6.54 Å². The Balaban J connectivity index is 1.53. The van der Waals surface area contributed by atoms with Gasteiger partial charge < -0.3 is 9.73 Å². The third-order valence-electron chi connectivity index (χ3n) is 5.26. The summed E-state index contributed by atoms with van der Waals surface area (Å²) in [5.74, 6) is -0.515. The van der Waals surface area contributed by atoms with Crippen molar-refractivity contribution in [3.63, 3.8) is 0 Å². The summed E-state index contributed by atoms with van der Waals surface area (Å²) < 4.78 is 44.1. The van der Waals surface area contributed by atoms with Gasteiger partial charge in [-0.25, -0.2) is 4.98 Å². The lowest BCUT2D eigenvalue weighted by Crippen LogP contribution is -2.24. The molecule has 1 aliphatic carbocycles. The highest BCUT2D eigenvalue weighted by atomic mass is 19.4. The zero-order chi connectivity index (χ0) is 21.3. The van der Waals surface area contributed by atoms with Crippen molar-refractivity contribution in [2.45, 2.75) is 38.9 Å². The molecule has 0 bridgehead atoms. The standard InChI is InChI=1S/C22H20F3N3O2/c1-13-10-26-19(30-13)12-28-21(29)16-9-15-3-2-4-18(20(15)27-11-16)14-5-7-17(8-6-14)22(23,24)25/h2-5,9-11,17H,6-8,12H2,1H3,(H,28,29)/t17-/m1/s1. The Morgan fingerprint density at radius 3 is 2.77 bits per heavy atom. The number of carbonyl (C=O) groups excluding carboxylic acids is 1. The number of hydrogen-bond donors (Lipinski definition) is 1. The molecule has 0 saturated heterocycles. The second kappa shape index (κ2) is 7.93. The zero-order valence-electron chi connectivity index (χ0n) is 16.3. The number of amides is 1. The molecule has 0 fully saturated rings. The first-order chi connectivity index (χ1) is 14.3. The van der Waals surface area contributed by atoms with Gasteiger partial charge >= 0.3 is 6.18 Å². The van der Waals surface area contributed by atoms with Crippen LogP contribution in [0.3, 0.4) is 0 Å². The molecule has 30 heavy (non-hydrogen) atoms. The summed E-state index contributed by atoms with van der Waals surface area (Å²) in [5.41, 5.74) is 2.74. The van der Waals surface area contributed by atoms with Gasteiger partial charge in [-0.3, -0.25) is 9.78 Å². The van der Waals surface area contributed by atoms with E-state index >= 15 is 0 Å². The van der Waals surface area contributed by atoms with Gasteiger partial charge in [0.05, 0.1) is 29.7 Å². The number of halogens is 3. The first-order valence-corrected chi connectivity index (χ1v) is 9.65. The summed E-state index contributed by atoms with van der Waals surface area (Å²) in [6, 6.07) is 7.25. The average molecular weight is 415 g/mol. The van der Waals surface area contributed by atoms with E-state index in [4.69, 9.17) is 4.42 Å². The summed E-state index contributed by atoms with van der Waals surface area (Å²) in [5, 5.41) is 3.49. The molecule has 1 aromatic carbocycles. The molecule has 1 atom stereocenters. The van der Waals surface area contributed by atoms with Crippen LogP contribution < -0.4 is 5.32 Å². The number of rotatable bonds is 4. The summed E-state index contributed by atoms with van der Waals surface area (Å²) in [4.78, 5) is 20.9. The molecule has 2 aromatic heterocycles. The van der Waals surface area contributed by atoms with Gasteiger partial charge in [0.2, 0.25) is 5.89 Å². The number of nitrogens with one attached hydrogen (secondary N) is 1. The van der Waals surface area contributed by atoms with Crippen molar-refractivity contribution in [3.8, 4) is 0 Å². The number of nitrogens with zero attached hydrogens (tertiary/aromatic N) is 2. The van der Waals surface area contributed by atoms with E-state index in [0.717, 1.165) is 16.5 Å². The smallest absolute Gasteiger partial charge is 0.392 e. The Morgan fingerprint density at radius 2 is 2.10 bits per heavy atom. The first kappa shape index (κ1) is 20.1. The third-order valence-corrected chi connectivity index (χ3v) is 5.26. The molecule has 1 N–H and O–H groups in total. The van der Waals surface area contributed by atoms with Crippen LogP contribution in [0.4, 0.5) is 13.2 Å². The number of oxazole rings is 1. The molecule has 0 radical (unpaired) electrons. The Bertz CT molecular complexity index is 1120. The van der Waals surface area contributed by atoms with Gasteiger partial charge in [-0.15, -0.1) is 0 Å². The average Bonchev–Trinajstić information content (AvgIpc) is 3.15. The van der Waals surface area contributed by atoms with E-state index in [-0.39, 0.29) is 25.3 Å². The fourth-order valence-corrected chi connectivity index (χ4v) is 3.66. The van der Waals surface area contributed by atoms with Gasteiger partial charge in [0.1, 0.15) is 5.76 Å². The molecule has 1 aliphatic rings. The molecule has 0 aliphatic heterocycles. The Kier molecular flexibility index (Phi) is 5.32. The van der Waals surface area contributed by atoms with Crippen LogP contribution in [0.2, 0.25) is 0 Å². The summed E-state index contributed by atoms with van der Waals surface area (Å²) in [7, 11) is 0. The van der Waals surface area contributed by atoms with Crippen molar-refractivity contribution in [2.24, 2.45) is 5.92 Å². The van der Waals surface area contributed by atoms with Gasteiger partial charge in [0.25, 0.3) is 5.91 Å². The second-order valence-corrected chi connectivity index (χ2v) is 7.39. The topological polar surface area (TPSA) is 68.0 Å². The molecule has 3 aromatic rings. The van der Waals surface area contributed by atoms with Crippen LogP contribution in [0.15, 0.2) is 47.2 Å². The number of hydrogen-bond acceptors (Lipinski definition) is 4. The van der Waals surface area contributed by atoms with E-state index in [2.05, 4.69) is 15.3 Å². The monoisotopic (exact) mass is 415 g/mol. The lowest BCUT2D eigenvalue weighted by molar-refractivity contribution is -0.175. The molecule has 0 unspecified atom stereocenters. The Labute approximate surface area is 171 Å². The molecule has 5 nitrogen and oxygen atoms in total. The van der Waals surface area contributed by atoms with Crippen molar-refractivity contribution in [2.75, 3.05) is 0 Å². The van der Waals surface area contributed by atoms with Gasteiger partial charge in [-0.05, 0) is 37.8 Å². The number of aromatic nitrogens is 2. The highest BCUT2D eigenvalue weighted by Crippen LogP contribution is 2.40. The molecule has 0 saturated carbocycles. The van der Waals surface area contributed by atoms with Gasteiger partial charge in [-0.1, -0.05) is 24.3 Å². The van der Waals surface area contributed by atoms with E-state index in [1.165, 1.54) is 6.20 Å². The molecular weight excluding hydrogens is 395 g/mol. The van der Waals surface area contributed by atoms with Crippen molar-refractivity contribution in [3.05, 3.63) is 65.5 Å². The Morgan fingerprint density at radius 1 is 1.27 bits per heavy atom. The van der Waals surface area contributed by atoms with Crippen LogP contribution in [0.5, 0.6) is 0 Å². The largest absolute Gasteiger partial charge is 0.444 e. The molecule has 8 heteroatoms. The molecule has 4 rings (SSSR count). The second-order valence-electron chi connectivity index (χ2n) is 7.39. The maximum Gasteiger partial charge on any atom is 0.392 e.